The average molecular weight is 499 g/mol. The van der Waals surface area contributed by atoms with Crippen LogP contribution in [0.25, 0.3) is 0 Å². The third kappa shape index (κ3) is 9.77. The van der Waals surface area contributed by atoms with Gasteiger partial charge in [-0.2, -0.15) is 0 Å². The van der Waals surface area contributed by atoms with E-state index in [0.29, 0.717) is 31.2 Å². The second-order valence-electron chi connectivity index (χ2n) is 4.54. The minimum absolute atomic E-state index is 0. The van der Waals surface area contributed by atoms with Gasteiger partial charge in [-0.05, 0) is 24.6 Å². The first-order valence-corrected chi connectivity index (χ1v) is 7.94. The van der Waals surface area contributed by atoms with Crippen LogP contribution in [-0.4, -0.2) is 52.3 Å². The molecule has 1 amide bonds. The maximum Gasteiger partial charge on any atom is 0.251 e. The quantitative estimate of drug-likeness (QED) is 0.222. The standard InChI is InChI=1S/C15H23BrN4O2.HI/c1-17-15(19-7-4-10-22-2)20-9-8-18-14(21)12-5-3-6-13(16)11-12;/h3,5-6,11H,4,7-10H2,1-2H3,(H,18,21)(H2,17,19,20);1H. The SMILES string of the molecule is CN=C(NCCCOC)NCCNC(=O)c1cccc(Br)c1.I. The van der Waals surface area contributed by atoms with Crippen LogP contribution in [0, 0.1) is 0 Å². The molecule has 0 saturated heterocycles. The predicted octanol–water partition coefficient (Wildman–Crippen LogP) is 2.00. The number of amides is 1. The molecule has 6 nitrogen and oxygen atoms in total. The van der Waals surface area contributed by atoms with Gasteiger partial charge < -0.3 is 20.7 Å². The Morgan fingerprint density at radius 1 is 1.22 bits per heavy atom. The smallest absolute Gasteiger partial charge is 0.251 e. The molecule has 23 heavy (non-hydrogen) atoms. The molecule has 0 bridgehead atoms. The van der Waals surface area contributed by atoms with Gasteiger partial charge in [0.2, 0.25) is 0 Å². The molecule has 0 aliphatic carbocycles. The van der Waals surface area contributed by atoms with E-state index in [2.05, 4.69) is 36.9 Å². The number of benzene rings is 1. The first-order chi connectivity index (χ1) is 10.7. The molecule has 0 aliphatic rings. The van der Waals surface area contributed by atoms with Crippen LogP contribution in [0.1, 0.15) is 16.8 Å². The van der Waals surface area contributed by atoms with Crippen molar-refractivity contribution in [3.8, 4) is 0 Å². The lowest BCUT2D eigenvalue weighted by Gasteiger charge is -2.12. The summed E-state index contributed by atoms with van der Waals surface area (Å²) in [5, 5.41) is 9.17. The first-order valence-electron chi connectivity index (χ1n) is 7.14. The van der Waals surface area contributed by atoms with E-state index in [-0.39, 0.29) is 29.9 Å². The molecule has 0 spiro atoms. The summed E-state index contributed by atoms with van der Waals surface area (Å²) in [5.41, 5.74) is 0.636. The molecule has 8 heteroatoms. The summed E-state index contributed by atoms with van der Waals surface area (Å²) >= 11 is 3.35. The fourth-order valence-corrected chi connectivity index (χ4v) is 2.13. The number of aliphatic imine (C=N–C) groups is 1. The van der Waals surface area contributed by atoms with Gasteiger partial charge in [0.15, 0.2) is 5.96 Å². The van der Waals surface area contributed by atoms with Crippen molar-refractivity contribution in [3.05, 3.63) is 34.3 Å². The van der Waals surface area contributed by atoms with Gasteiger partial charge in [0.1, 0.15) is 0 Å². The summed E-state index contributed by atoms with van der Waals surface area (Å²) < 4.78 is 5.87. The molecule has 3 N–H and O–H groups in total. The van der Waals surface area contributed by atoms with E-state index in [1.165, 1.54) is 0 Å². The highest BCUT2D eigenvalue weighted by Crippen LogP contribution is 2.11. The zero-order valence-corrected chi connectivity index (χ0v) is 17.3. The maximum absolute atomic E-state index is 11.9. The highest BCUT2D eigenvalue weighted by molar-refractivity contribution is 14.0. The topological polar surface area (TPSA) is 74.8 Å². The number of rotatable bonds is 8. The minimum atomic E-state index is -0.0915. The Kier molecular flexibility index (Phi) is 13.0. The number of halogens is 2. The van der Waals surface area contributed by atoms with Crippen LogP contribution in [0.2, 0.25) is 0 Å². The lowest BCUT2D eigenvalue weighted by Crippen LogP contribution is -2.42. The molecule has 0 radical (unpaired) electrons. The van der Waals surface area contributed by atoms with Crippen molar-refractivity contribution < 1.29 is 9.53 Å². The van der Waals surface area contributed by atoms with E-state index in [1.807, 2.05) is 12.1 Å². The number of hydrogen-bond acceptors (Lipinski definition) is 3. The first kappa shape index (κ1) is 22.1. The van der Waals surface area contributed by atoms with Crippen LogP contribution in [-0.2, 0) is 4.74 Å². The van der Waals surface area contributed by atoms with E-state index >= 15 is 0 Å². The van der Waals surface area contributed by atoms with Crippen LogP contribution in [0.5, 0.6) is 0 Å². The predicted molar refractivity (Wildman–Crippen MR) is 108 cm³/mol. The number of hydrogen-bond donors (Lipinski definition) is 3. The van der Waals surface area contributed by atoms with Crippen LogP contribution >= 0.6 is 39.9 Å². The van der Waals surface area contributed by atoms with Crippen LogP contribution in [0.4, 0.5) is 0 Å². The number of methoxy groups -OCH3 is 1. The molecule has 0 aliphatic heterocycles. The Hall–Kier alpha value is -0.870. The Morgan fingerprint density at radius 3 is 2.57 bits per heavy atom. The van der Waals surface area contributed by atoms with Gasteiger partial charge in [-0.1, -0.05) is 22.0 Å². The molecule has 130 valence electrons. The van der Waals surface area contributed by atoms with Crippen molar-refractivity contribution in [2.45, 2.75) is 6.42 Å². The Morgan fingerprint density at radius 2 is 1.91 bits per heavy atom. The number of carbonyl (C=O) groups is 1. The minimum Gasteiger partial charge on any atom is -0.385 e. The Bertz CT molecular complexity index is 500. The molecule has 1 aromatic rings. The van der Waals surface area contributed by atoms with Crippen LogP contribution < -0.4 is 16.0 Å². The zero-order chi connectivity index (χ0) is 16.2. The summed E-state index contributed by atoms with van der Waals surface area (Å²) in [5.74, 6) is 0.624. The second kappa shape index (κ2) is 13.6. The van der Waals surface area contributed by atoms with E-state index in [4.69, 9.17) is 4.74 Å². The molecule has 0 atom stereocenters. The highest BCUT2D eigenvalue weighted by atomic mass is 127. The average Bonchev–Trinajstić information content (AvgIpc) is 2.53. The number of nitrogens with one attached hydrogen (secondary N) is 3. The van der Waals surface area contributed by atoms with Crippen LogP contribution in [0.15, 0.2) is 33.7 Å². The van der Waals surface area contributed by atoms with Gasteiger partial charge in [0.05, 0.1) is 0 Å². The molecule has 0 fully saturated rings. The third-order valence-electron chi connectivity index (χ3n) is 2.83. The molecule has 1 rings (SSSR count). The Balaban J connectivity index is 0.00000484. The van der Waals surface area contributed by atoms with Crippen molar-refractivity contribution >= 4 is 51.8 Å². The third-order valence-corrected chi connectivity index (χ3v) is 3.32. The molecule has 0 heterocycles. The van der Waals surface area contributed by atoms with E-state index in [1.54, 1.807) is 26.3 Å². The van der Waals surface area contributed by atoms with Crippen molar-refractivity contribution in [3.63, 3.8) is 0 Å². The number of ether oxygens (including phenoxy) is 1. The van der Waals surface area contributed by atoms with Gasteiger partial charge >= 0.3 is 0 Å². The van der Waals surface area contributed by atoms with Crippen LogP contribution in [0.3, 0.4) is 0 Å². The largest absolute Gasteiger partial charge is 0.385 e. The molecular formula is C15H24BrIN4O2. The highest BCUT2D eigenvalue weighted by Gasteiger charge is 2.04. The van der Waals surface area contributed by atoms with Crippen molar-refractivity contribution in [1.82, 2.24) is 16.0 Å². The maximum atomic E-state index is 11.9. The van der Waals surface area contributed by atoms with Crippen molar-refractivity contribution in [2.75, 3.05) is 40.4 Å². The second-order valence-corrected chi connectivity index (χ2v) is 5.45. The number of nitrogens with zero attached hydrogens (tertiary/aromatic N) is 1. The van der Waals surface area contributed by atoms with E-state index < -0.39 is 0 Å². The summed E-state index contributed by atoms with van der Waals surface area (Å²) in [4.78, 5) is 16.0. The molecule has 1 aromatic carbocycles. The number of carbonyl (C=O) groups excluding carboxylic acids is 1. The summed E-state index contributed by atoms with van der Waals surface area (Å²) in [6.45, 7) is 2.62. The van der Waals surface area contributed by atoms with Gasteiger partial charge in [0, 0.05) is 50.4 Å². The zero-order valence-electron chi connectivity index (χ0n) is 13.4. The fourth-order valence-electron chi connectivity index (χ4n) is 1.73. The molecule has 0 aromatic heterocycles. The number of guanidine groups is 1. The Labute approximate surface area is 163 Å². The van der Waals surface area contributed by atoms with Crippen molar-refractivity contribution in [1.29, 1.82) is 0 Å². The van der Waals surface area contributed by atoms with Gasteiger partial charge in [0.25, 0.3) is 5.91 Å². The fraction of sp³-hybridized carbons (Fsp3) is 0.467. The summed E-state index contributed by atoms with van der Waals surface area (Å²) in [7, 11) is 3.40. The van der Waals surface area contributed by atoms with Crippen molar-refractivity contribution in [2.24, 2.45) is 4.99 Å². The molecule has 0 saturated carbocycles. The summed E-state index contributed by atoms with van der Waals surface area (Å²) in [6, 6.07) is 7.30. The summed E-state index contributed by atoms with van der Waals surface area (Å²) in [6.07, 6.45) is 0.914. The molecular weight excluding hydrogens is 475 g/mol. The van der Waals surface area contributed by atoms with E-state index in [0.717, 1.165) is 17.4 Å². The lowest BCUT2D eigenvalue weighted by atomic mass is 10.2. The lowest BCUT2D eigenvalue weighted by molar-refractivity contribution is 0.0954. The van der Waals surface area contributed by atoms with Gasteiger partial charge in [-0.3, -0.25) is 9.79 Å². The normalized spacial score (nSPS) is 10.7. The van der Waals surface area contributed by atoms with Gasteiger partial charge in [-0.15, -0.1) is 24.0 Å². The van der Waals surface area contributed by atoms with E-state index in [9.17, 15) is 4.79 Å². The molecule has 0 unspecified atom stereocenters. The monoisotopic (exact) mass is 498 g/mol. The van der Waals surface area contributed by atoms with Gasteiger partial charge in [-0.25, -0.2) is 0 Å².